The number of nitrogens with one attached hydrogen (secondary N) is 1. The fourth-order valence-electron chi connectivity index (χ4n) is 3.94. The van der Waals surface area contributed by atoms with Crippen LogP contribution in [0.15, 0.2) is 27.4 Å². The van der Waals surface area contributed by atoms with E-state index in [9.17, 15) is 19.5 Å². The number of anilines is 1. The number of carbonyl (C=O) groups is 2. The Morgan fingerprint density at radius 1 is 1.31 bits per heavy atom. The molecule has 26 heavy (non-hydrogen) atoms. The van der Waals surface area contributed by atoms with Gasteiger partial charge >= 0.3 is 11.7 Å². The van der Waals surface area contributed by atoms with E-state index in [1.165, 1.54) is 4.57 Å². The highest BCUT2D eigenvalue weighted by molar-refractivity contribution is 5.98. The molecule has 0 spiro atoms. The van der Waals surface area contributed by atoms with E-state index >= 15 is 0 Å². The first-order valence-corrected chi connectivity index (χ1v) is 8.94. The summed E-state index contributed by atoms with van der Waals surface area (Å²) in [7, 11) is 1.59. The van der Waals surface area contributed by atoms with Crippen molar-refractivity contribution in [1.82, 2.24) is 4.57 Å². The monoisotopic (exact) mass is 360 g/mol. The third-order valence-corrected chi connectivity index (χ3v) is 5.59. The second-order valence-corrected chi connectivity index (χ2v) is 7.39. The van der Waals surface area contributed by atoms with Gasteiger partial charge in [-0.15, -0.1) is 0 Å². The summed E-state index contributed by atoms with van der Waals surface area (Å²) in [5.41, 5.74) is 0.566. The first-order valence-electron chi connectivity index (χ1n) is 8.94. The fourth-order valence-corrected chi connectivity index (χ4v) is 3.94. The Hall–Kier alpha value is -2.57. The molecule has 7 nitrogen and oxygen atoms in total. The van der Waals surface area contributed by atoms with Crippen LogP contribution in [-0.2, 0) is 16.6 Å². The molecule has 1 amide bonds. The summed E-state index contributed by atoms with van der Waals surface area (Å²) in [6.07, 6.45) is 4.72. The summed E-state index contributed by atoms with van der Waals surface area (Å²) in [6.45, 7) is 1.75. The van der Waals surface area contributed by atoms with E-state index in [2.05, 4.69) is 5.32 Å². The van der Waals surface area contributed by atoms with Crippen molar-refractivity contribution in [2.75, 3.05) is 5.32 Å². The first-order chi connectivity index (χ1) is 12.3. The van der Waals surface area contributed by atoms with Crippen molar-refractivity contribution < 1.29 is 19.1 Å². The van der Waals surface area contributed by atoms with E-state index in [1.54, 1.807) is 32.2 Å². The lowest BCUT2D eigenvalue weighted by Crippen LogP contribution is -2.42. The molecule has 2 aromatic rings. The average Bonchev–Trinajstić information content (AvgIpc) is 2.89. The molecular weight excluding hydrogens is 336 g/mol. The molecule has 1 aromatic carbocycles. The lowest BCUT2D eigenvalue weighted by molar-refractivity contribution is -0.145. The predicted molar refractivity (Wildman–Crippen MR) is 97.0 cm³/mol. The lowest BCUT2D eigenvalue weighted by atomic mass is 9.67. The second-order valence-electron chi connectivity index (χ2n) is 7.39. The molecule has 1 saturated carbocycles. The van der Waals surface area contributed by atoms with Crippen molar-refractivity contribution in [3.05, 3.63) is 28.7 Å². The van der Waals surface area contributed by atoms with Crippen molar-refractivity contribution in [3.8, 4) is 0 Å². The molecule has 1 aromatic heterocycles. The molecule has 1 fully saturated rings. The zero-order valence-electron chi connectivity index (χ0n) is 15.1. The van der Waals surface area contributed by atoms with Crippen molar-refractivity contribution in [1.29, 1.82) is 0 Å². The number of hydrogen-bond donors (Lipinski definition) is 2. The van der Waals surface area contributed by atoms with Crippen molar-refractivity contribution >= 4 is 28.7 Å². The molecule has 3 rings (SSSR count). The molecule has 1 unspecified atom stereocenters. The average molecular weight is 360 g/mol. The Bertz CT molecular complexity index is 891. The fraction of sp³-hybridized carbons (Fsp3) is 0.526. The van der Waals surface area contributed by atoms with E-state index in [4.69, 9.17) is 4.42 Å². The Kier molecular flexibility index (Phi) is 4.89. The molecule has 1 atom stereocenters. The molecule has 0 radical (unpaired) electrons. The highest BCUT2D eigenvalue weighted by Gasteiger charge is 2.43. The summed E-state index contributed by atoms with van der Waals surface area (Å²) in [5, 5.41) is 12.2. The molecule has 7 heteroatoms. The van der Waals surface area contributed by atoms with Gasteiger partial charge in [0, 0.05) is 12.7 Å². The summed E-state index contributed by atoms with van der Waals surface area (Å²) in [4.78, 5) is 36.0. The number of carboxylic acid groups (broad SMARTS) is 1. The van der Waals surface area contributed by atoms with E-state index in [0.717, 1.165) is 32.1 Å². The van der Waals surface area contributed by atoms with Crippen LogP contribution in [0, 0.1) is 11.3 Å². The maximum Gasteiger partial charge on any atom is 0.419 e. The van der Waals surface area contributed by atoms with Gasteiger partial charge in [-0.3, -0.25) is 14.2 Å². The van der Waals surface area contributed by atoms with Gasteiger partial charge in [0.25, 0.3) is 0 Å². The number of rotatable bonds is 5. The van der Waals surface area contributed by atoms with Gasteiger partial charge in [-0.2, -0.15) is 0 Å². The molecule has 1 aliphatic carbocycles. The molecular formula is C19H24N2O5. The maximum absolute atomic E-state index is 13.0. The van der Waals surface area contributed by atoms with Gasteiger partial charge in [0.1, 0.15) is 0 Å². The smallest absolute Gasteiger partial charge is 0.419 e. The number of carboxylic acids is 1. The quantitative estimate of drug-likeness (QED) is 0.853. The third-order valence-electron chi connectivity index (χ3n) is 5.59. The third kappa shape index (κ3) is 3.38. The van der Waals surface area contributed by atoms with Crippen LogP contribution in [0.4, 0.5) is 5.69 Å². The van der Waals surface area contributed by atoms with E-state index in [0.29, 0.717) is 16.8 Å². The standard InChI is InChI=1S/C19H24N2O5/c1-19(11-16(22)23,12-6-4-3-5-7-12)17(24)20-13-8-9-15-14(10-13)21(2)18(25)26-15/h8-10,12H,3-7,11H2,1-2H3,(H,20,24)(H,22,23). The van der Waals surface area contributed by atoms with E-state index in [-0.39, 0.29) is 18.2 Å². The van der Waals surface area contributed by atoms with Crippen LogP contribution in [-0.4, -0.2) is 21.6 Å². The number of aryl methyl sites for hydroxylation is 1. The number of fused-ring (bicyclic) bond motifs is 1. The number of carbonyl (C=O) groups excluding carboxylic acids is 1. The lowest BCUT2D eigenvalue weighted by Gasteiger charge is -2.37. The van der Waals surface area contributed by atoms with Crippen molar-refractivity contribution in [3.63, 3.8) is 0 Å². The highest BCUT2D eigenvalue weighted by atomic mass is 16.4. The minimum atomic E-state index is -0.971. The number of aliphatic carboxylic acids is 1. The molecule has 1 aliphatic rings. The van der Waals surface area contributed by atoms with Gasteiger partial charge in [-0.25, -0.2) is 4.79 Å². The SMILES string of the molecule is Cn1c(=O)oc2ccc(NC(=O)C(C)(CC(=O)O)C3CCCCC3)cc21. The number of aromatic nitrogens is 1. The van der Waals surface area contributed by atoms with Crippen LogP contribution >= 0.6 is 0 Å². The van der Waals surface area contributed by atoms with Gasteiger partial charge in [0.15, 0.2) is 5.58 Å². The van der Waals surface area contributed by atoms with E-state index in [1.807, 2.05) is 0 Å². The van der Waals surface area contributed by atoms with Crippen LogP contribution in [0.3, 0.4) is 0 Å². The minimum absolute atomic E-state index is 0.0503. The molecule has 0 aliphatic heterocycles. The van der Waals surface area contributed by atoms with Gasteiger partial charge in [0.05, 0.1) is 17.4 Å². The number of nitrogens with zero attached hydrogens (tertiary/aromatic N) is 1. The minimum Gasteiger partial charge on any atom is -0.481 e. The zero-order valence-corrected chi connectivity index (χ0v) is 15.1. The number of oxazole rings is 1. The first kappa shape index (κ1) is 18.2. The molecule has 0 saturated heterocycles. The maximum atomic E-state index is 13.0. The zero-order chi connectivity index (χ0) is 18.9. The van der Waals surface area contributed by atoms with Gasteiger partial charge in [-0.1, -0.05) is 19.3 Å². The Balaban J connectivity index is 1.88. The Morgan fingerprint density at radius 3 is 2.65 bits per heavy atom. The van der Waals surface area contributed by atoms with Crippen LogP contribution in [0.2, 0.25) is 0 Å². The molecule has 2 N–H and O–H groups in total. The second kappa shape index (κ2) is 6.97. The Morgan fingerprint density at radius 2 is 2.00 bits per heavy atom. The van der Waals surface area contributed by atoms with Crippen LogP contribution in [0.5, 0.6) is 0 Å². The van der Waals surface area contributed by atoms with Gasteiger partial charge in [-0.05, 0) is 43.9 Å². The topological polar surface area (TPSA) is 102 Å². The van der Waals surface area contributed by atoms with Crippen molar-refractivity contribution in [2.24, 2.45) is 18.4 Å². The predicted octanol–water partition coefficient (Wildman–Crippen LogP) is 3.13. The summed E-state index contributed by atoms with van der Waals surface area (Å²) < 4.78 is 6.45. The highest BCUT2D eigenvalue weighted by Crippen LogP contribution is 2.42. The van der Waals surface area contributed by atoms with Crippen molar-refractivity contribution in [2.45, 2.75) is 45.4 Å². The molecule has 1 heterocycles. The number of amides is 1. The summed E-state index contributed by atoms with van der Waals surface area (Å²) >= 11 is 0. The summed E-state index contributed by atoms with van der Waals surface area (Å²) in [6, 6.07) is 4.95. The van der Waals surface area contributed by atoms with E-state index < -0.39 is 17.1 Å². The Labute approximate surface area is 151 Å². The number of hydrogen-bond acceptors (Lipinski definition) is 4. The van der Waals surface area contributed by atoms with Crippen LogP contribution < -0.4 is 11.1 Å². The molecule has 0 bridgehead atoms. The van der Waals surface area contributed by atoms with Crippen LogP contribution in [0.1, 0.15) is 45.4 Å². The van der Waals surface area contributed by atoms with Gasteiger partial charge < -0.3 is 14.8 Å². The normalized spacial score (nSPS) is 17.8. The summed E-state index contributed by atoms with van der Waals surface area (Å²) in [5.74, 6) is -1.68. The largest absolute Gasteiger partial charge is 0.481 e. The number of benzene rings is 1. The van der Waals surface area contributed by atoms with Gasteiger partial charge in [0.2, 0.25) is 5.91 Å². The van der Waals surface area contributed by atoms with Crippen LogP contribution in [0.25, 0.3) is 11.1 Å². The molecule has 140 valence electrons.